The summed E-state index contributed by atoms with van der Waals surface area (Å²) in [5.74, 6) is -2.08. The van der Waals surface area contributed by atoms with Crippen molar-refractivity contribution in [1.82, 2.24) is 9.55 Å². The molecule has 154 valence electrons. The van der Waals surface area contributed by atoms with Crippen molar-refractivity contribution in [3.05, 3.63) is 57.8 Å². The van der Waals surface area contributed by atoms with Gasteiger partial charge < -0.3 is 20.1 Å². The van der Waals surface area contributed by atoms with Crippen molar-refractivity contribution < 1.29 is 19.0 Å². The molecular weight excluding hydrogens is 391 g/mol. The lowest BCUT2D eigenvalue weighted by Gasteiger charge is -2.18. The third-order valence-electron chi connectivity index (χ3n) is 5.03. The molecule has 4 N–H and O–H groups in total. The third kappa shape index (κ3) is 3.28. The second-order valence-corrected chi connectivity index (χ2v) is 7.19. The first kappa shape index (κ1) is 19.6. The van der Waals surface area contributed by atoms with Gasteiger partial charge in [-0.2, -0.15) is 0 Å². The lowest BCUT2D eigenvalue weighted by atomic mass is 10.0. The Balaban J connectivity index is 2.06. The molecule has 1 saturated carbocycles. The van der Waals surface area contributed by atoms with Gasteiger partial charge in [0, 0.05) is 24.4 Å². The first-order valence-corrected chi connectivity index (χ1v) is 9.29. The number of carboxylic acids is 1. The molecular formula is C21H19FN4O4. The summed E-state index contributed by atoms with van der Waals surface area (Å²) >= 11 is 0. The molecule has 0 spiro atoms. The number of nitrogens with one attached hydrogen (secondary N) is 1. The van der Waals surface area contributed by atoms with Crippen LogP contribution in [-0.4, -0.2) is 33.6 Å². The number of pyridine rings is 2. The number of carbonyl (C=O) groups is 1. The average molecular weight is 410 g/mol. The van der Waals surface area contributed by atoms with Crippen LogP contribution in [0.2, 0.25) is 0 Å². The summed E-state index contributed by atoms with van der Waals surface area (Å²) in [5.41, 5.74) is 5.42. The summed E-state index contributed by atoms with van der Waals surface area (Å²) < 4.78 is 22.4. The molecule has 30 heavy (non-hydrogen) atoms. The molecule has 4 rings (SSSR count). The summed E-state index contributed by atoms with van der Waals surface area (Å²) in [6, 6.07) is 6.00. The summed E-state index contributed by atoms with van der Waals surface area (Å²) in [5, 5.41) is 16.8. The Bertz CT molecular complexity index is 1260. The van der Waals surface area contributed by atoms with Gasteiger partial charge in [0.2, 0.25) is 5.43 Å². The second-order valence-electron chi connectivity index (χ2n) is 7.19. The minimum atomic E-state index is -1.36. The number of rotatable bonds is 6. The molecule has 1 aromatic carbocycles. The molecule has 1 aliphatic rings. The molecule has 0 amide bonds. The van der Waals surface area contributed by atoms with Gasteiger partial charge in [-0.25, -0.2) is 9.18 Å². The maximum Gasteiger partial charge on any atom is 0.341 e. The van der Waals surface area contributed by atoms with Crippen LogP contribution in [0.3, 0.4) is 0 Å². The van der Waals surface area contributed by atoms with Crippen molar-refractivity contribution in [1.29, 1.82) is 5.41 Å². The molecule has 2 heterocycles. The second kappa shape index (κ2) is 7.25. The first-order chi connectivity index (χ1) is 14.3. The molecule has 9 heteroatoms. The predicted octanol–water partition coefficient (Wildman–Crippen LogP) is 2.72. The lowest BCUT2D eigenvalue weighted by molar-refractivity contribution is 0.0695. The number of fused-ring (bicyclic) bond motifs is 1. The molecule has 0 aliphatic heterocycles. The molecule has 8 nitrogen and oxygen atoms in total. The molecule has 1 fully saturated rings. The van der Waals surface area contributed by atoms with Gasteiger partial charge in [0.1, 0.15) is 11.4 Å². The highest BCUT2D eigenvalue weighted by Gasteiger charge is 2.30. The topological polar surface area (TPSA) is 131 Å². The van der Waals surface area contributed by atoms with Crippen LogP contribution in [0.15, 0.2) is 35.3 Å². The molecule has 0 radical (unpaired) electrons. The molecule has 1 aliphatic carbocycles. The van der Waals surface area contributed by atoms with Crippen molar-refractivity contribution in [3.8, 4) is 17.0 Å². The van der Waals surface area contributed by atoms with E-state index < -0.39 is 22.8 Å². The zero-order valence-corrected chi connectivity index (χ0v) is 16.1. The van der Waals surface area contributed by atoms with Gasteiger partial charge >= 0.3 is 5.97 Å². The fraction of sp³-hybridized carbons (Fsp3) is 0.238. The highest BCUT2D eigenvalue weighted by atomic mass is 19.1. The van der Waals surface area contributed by atoms with E-state index in [4.69, 9.17) is 15.9 Å². The van der Waals surface area contributed by atoms with Crippen molar-refractivity contribution in [2.24, 2.45) is 5.73 Å². The summed E-state index contributed by atoms with van der Waals surface area (Å²) in [6.07, 6.45) is 3.05. The number of ether oxygens (including phenoxy) is 1. The van der Waals surface area contributed by atoms with Gasteiger partial charge in [-0.15, -0.1) is 0 Å². The summed E-state index contributed by atoms with van der Waals surface area (Å²) in [7, 11) is 1.37. The Hall–Kier alpha value is -3.75. The van der Waals surface area contributed by atoms with Crippen LogP contribution in [0.4, 0.5) is 4.39 Å². The van der Waals surface area contributed by atoms with Gasteiger partial charge in [-0.05, 0) is 31.0 Å². The van der Waals surface area contributed by atoms with E-state index in [-0.39, 0.29) is 40.7 Å². The van der Waals surface area contributed by atoms with Crippen molar-refractivity contribution in [2.75, 3.05) is 7.11 Å². The monoisotopic (exact) mass is 410 g/mol. The standard InChI is InChI=1S/C21H19FN4O4/c1-30-20-17(15-4-2-3-10(25-15)7-16(23)24)14(22)8-12-18(20)26(11-5-6-11)9-13(19(12)27)21(28)29/h2-4,8-9,11H,5-7H2,1H3,(H3,23,24)(H,28,29). The largest absolute Gasteiger partial charge is 0.494 e. The molecule has 0 saturated heterocycles. The van der Waals surface area contributed by atoms with Crippen molar-refractivity contribution in [2.45, 2.75) is 25.3 Å². The minimum absolute atomic E-state index is 0.00965. The normalized spacial score (nSPS) is 13.4. The van der Waals surface area contributed by atoms with E-state index in [9.17, 15) is 14.7 Å². The van der Waals surface area contributed by atoms with E-state index in [0.717, 1.165) is 18.9 Å². The number of benzene rings is 1. The van der Waals surface area contributed by atoms with E-state index in [2.05, 4.69) is 4.98 Å². The summed E-state index contributed by atoms with van der Waals surface area (Å²) in [6.45, 7) is 0. The number of aromatic nitrogens is 2. The number of methoxy groups -OCH3 is 1. The Kier molecular flexibility index (Phi) is 4.73. The fourth-order valence-electron chi connectivity index (χ4n) is 3.60. The van der Waals surface area contributed by atoms with Crippen molar-refractivity contribution in [3.63, 3.8) is 0 Å². The van der Waals surface area contributed by atoms with Gasteiger partial charge in [-0.1, -0.05) is 6.07 Å². The van der Waals surface area contributed by atoms with E-state index >= 15 is 4.39 Å². The SMILES string of the molecule is COc1c(-c2cccc(CC(=N)N)n2)c(F)cc2c(=O)c(C(=O)O)cn(C3CC3)c12. The number of halogens is 1. The number of carboxylic acid groups (broad SMARTS) is 1. The highest BCUT2D eigenvalue weighted by molar-refractivity contribution is 5.97. The van der Waals surface area contributed by atoms with Gasteiger partial charge in [-0.3, -0.25) is 15.2 Å². The number of nitrogens with zero attached hydrogens (tertiary/aromatic N) is 2. The summed E-state index contributed by atoms with van der Waals surface area (Å²) in [4.78, 5) is 28.7. The number of hydrogen-bond acceptors (Lipinski definition) is 5. The van der Waals surface area contributed by atoms with Crippen LogP contribution in [0.5, 0.6) is 5.75 Å². The van der Waals surface area contributed by atoms with E-state index in [1.807, 2.05) is 0 Å². The van der Waals surface area contributed by atoms with Crippen LogP contribution in [0, 0.1) is 11.2 Å². The van der Waals surface area contributed by atoms with Crippen LogP contribution < -0.4 is 15.9 Å². The minimum Gasteiger partial charge on any atom is -0.494 e. The first-order valence-electron chi connectivity index (χ1n) is 9.29. The smallest absolute Gasteiger partial charge is 0.341 e. The average Bonchev–Trinajstić information content (AvgIpc) is 3.52. The fourth-order valence-corrected chi connectivity index (χ4v) is 3.60. The Labute approximate surface area is 170 Å². The lowest BCUT2D eigenvalue weighted by Crippen LogP contribution is -2.19. The Morgan fingerprint density at radius 1 is 1.43 bits per heavy atom. The quantitative estimate of drug-likeness (QED) is 0.423. The predicted molar refractivity (Wildman–Crippen MR) is 109 cm³/mol. The molecule has 0 unspecified atom stereocenters. The Morgan fingerprint density at radius 2 is 2.17 bits per heavy atom. The van der Waals surface area contributed by atoms with Crippen molar-refractivity contribution >= 4 is 22.7 Å². The number of amidine groups is 1. The zero-order chi connectivity index (χ0) is 21.6. The molecule has 0 atom stereocenters. The third-order valence-corrected chi connectivity index (χ3v) is 5.03. The van der Waals surface area contributed by atoms with Crippen LogP contribution in [0.25, 0.3) is 22.2 Å². The maximum atomic E-state index is 15.2. The van der Waals surface area contributed by atoms with Crippen LogP contribution in [-0.2, 0) is 6.42 Å². The van der Waals surface area contributed by atoms with Crippen LogP contribution >= 0.6 is 0 Å². The number of hydrogen-bond donors (Lipinski definition) is 3. The maximum absolute atomic E-state index is 15.2. The Morgan fingerprint density at radius 3 is 2.77 bits per heavy atom. The van der Waals surface area contributed by atoms with Gasteiger partial charge in [0.05, 0.1) is 35.1 Å². The van der Waals surface area contributed by atoms with E-state index in [1.54, 1.807) is 22.8 Å². The van der Waals surface area contributed by atoms with Crippen LogP contribution in [0.1, 0.15) is 34.9 Å². The van der Waals surface area contributed by atoms with Gasteiger partial charge in [0.25, 0.3) is 0 Å². The molecule has 0 bridgehead atoms. The van der Waals surface area contributed by atoms with Gasteiger partial charge in [0.15, 0.2) is 5.75 Å². The van der Waals surface area contributed by atoms with E-state index in [0.29, 0.717) is 11.2 Å². The molecule has 3 aromatic rings. The number of nitrogens with two attached hydrogens (primary N) is 1. The zero-order valence-electron chi connectivity index (χ0n) is 16.1. The molecule has 2 aromatic heterocycles. The highest BCUT2D eigenvalue weighted by Crippen LogP contribution is 2.43. The number of aromatic carboxylic acids is 1. The van der Waals surface area contributed by atoms with E-state index in [1.165, 1.54) is 13.3 Å².